The summed E-state index contributed by atoms with van der Waals surface area (Å²) in [5.41, 5.74) is 0.482. The van der Waals surface area contributed by atoms with Crippen molar-refractivity contribution in [2.45, 2.75) is 41.0 Å². The van der Waals surface area contributed by atoms with Gasteiger partial charge in [0.05, 0.1) is 0 Å². The van der Waals surface area contributed by atoms with Crippen LogP contribution >= 0.6 is 0 Å². The fraction of sp³-hybridized carbons (Fsp3) is 1.00. The summed E-state index contributed by atoms with van der Waals surface area (Å²) >= 11 is 0. The second-order valence-electron chi connectivity index (χ2n) is 3.94. The number of nitrogens with one attached hydrogen (secondary N) is 1. The topological polar surface area (TPSA) is 12.0 Å². The molecule has 0 saturated heterocycles. The summed E-state index contributed by atoms with van der Waals surface area (Å²) in [6, 6.07) is 0. The third-order valence-electron chi connectivity index (χ3n) is 2.98. The molecule has 0 aromatic heterocycles. The quantitative estimate of drug-likeness (QED) is 0.647. The zero-order valence-electron chi connectivity index (χ0n) is 8.70. The molecule has 1 unspecified atom stereocenters. The van der Waals surface area contributed by atoms with E-state index in [0.29, 0.717) is 5.41 Å². The monoisotopic (exact) mass is 157 g/mol. The van der Waals surface area contributed by atoms with Crippen LogP contribution in [0.15, 0.2) is 0 Å². The molecule has 0 aliphatic rings. The molecule has 0 radical (unpaired) electrons. The number of rotatable bonds is 5. The summed E-state index contributed by atoms with van der Waals surface area (Å²) < 4.78 is 0. The van der Waals surface area contributed by atoms with Crippen molar-refractivity contribution in [1.29, 1.82) is 0 Å². The summed E-state index contributed by atoms with van der Waals surface area (Å²) in [4.78, 5) is 0. The lowest BCUT2D eigenvalue weighted by molar-refractivity contribution is 0.202. The van der Waals surface area contributed by atoms with Crippen LogP contribution in [0.2, 0.25) is 0 Å². The highest BCUT2D eigenvalue weighted by molar-refractivity contribution is 4.78. The first-order valence-electron chi connectivity index (χ1n) is 4.77. The van der Waals surface area contributed by atoms with Gasteiger partial charge in [0.1, 0.15) is 0 Å². The maximum Gasteiger partial charge on any atom is 0.000739 e. The van der Waals surface area contributed by atoms with E-state index in [1.807, 2.05) is 0 Å². The molecule has 1 nitrogen and oxygen atoms in total. The fourth-order valence-corrected chi connectivity index (χ4v) is 1.15. The zero-order chi connectivity index (χ0) is 8.91. The van der Waals surface area contributed by atoms with E-state index < -0.39 is 0 Å². The third kappa shape index (κ3) is 3.24. The van der Waals surface area contributed by atoms with E-state index in [9.17, 15) is 0 Å². The van der Waals surface area contributed by atoms with Gasteiger partial charge in [-0.1, -0.05) is 34.6 Å². The summed E-state index contributed by atoms with van der Waals surface area (Å²) in [5, 5.41) is 3.42. The Morgan fingerprint density at radius 1 is 1.27 bits per heavy atom. The van der Waals surface area contributed by atoms with Gasteiger partial charge in [0.25, 0.3) is 0 Å². The maximum absolute atomic E-state index is 3.42. The van der Waals surface area contributed by atoms with Crippen molar-refractivity contribution < 1.29 is 0 Å². The number of hydrogen-bond donors (Lipinski definition) is 1. The predicted octanol–water partition coefficient (Wildman–Crippen LogP) is 2.67. The van der Waals surface area contributed by atoms with Gasteiger partial charge in [-0.2, -0.15) is 0 Å². The molecule has 0 spiro atoms. The summed E-state index contributed by atoms with van der Waals surface area (Å²) in [6.45, 7) is 13.6. The van der Waals surface area contributed by atoms with Crippen molar-refractivity contribution in [2.75, 3.05) is 13.1 Å². The highest BCUT2D eigenvalue weighted by Crippen LogP contribution is 2.29. The molecule has 68 valence electrons. The van der Waals surface area contributed by atoms with Crippen LogP contribution in [0, 0.1) is 11.3 Å². The highest BCUT2D eigenvalue weighted by Gasteiger charge is 2.24. The van der Waals surface area contributed by atoms with Gasteiger partial charge in [0.15, 0.2) is 0 Å². The number of hydrogen-bond acceptors (Lipinski definition) is 1. The first kappa shape index (κ1) is 11.0. The molecular weight excluding hydrogens is 134 g/mol. The molecule has 11 heavy (non-hydrogen) atoms. The van der Waals surface area contributed by atoms with Gasteiger partial charge >= 0.3 is 0 Å². The van der Waals surface area contributed by atoms with Crippen molar-refractivity contribution in [1.82, 2.24) is 5.32 Å². The van der Waals surface area contributed by atoms with E-state index in [4.69, 9.17) is 0 Å². The van der Waals surface area contributed by atoms with Crippen LogP contribution in [-0.2, 0) is 0 Å². The zero-order valence-corrected chi connectivity index (χ0v) is 8.70. The lowest BCUT2D eigenvalue weighted by atomic mass is 9.77. The van der Waals surface area contributed by atoms with Crippen LogP contribution in [-0.4, -0.2) is 13.1 Å². The van der Waals surface area contributed by atoms with Crippen molar-refractivity contribution in [3.63, 3.8) is 0 Å². The second-order valence-corrected chi connectivity index (χ2v) is 3.94. The molecule has 0 aliphatic heterocycles. The van der Waals surface area contributed by atoms with E-state index in [0.717, 1.165) is 19.0 Å². The molecule has 0 rings (SSSR count). The van der Waals surface area contributed by atoms with Gasteiger partial charge in [0.2, 0.25) is 0 Å². The van der Waals surface area contributed by atoms with Crippen molar-refractivity contribution in [2.24, 2.45) is 11.3 Å². The van der Waals surface area contributed by atoms with Crippen LogP contribution in [0.5, 0.6) is 0 Å². The Balaban J connectivity index is 3.88. The Labute approximate surface area is 71.6 Å². The minimum absolute atomic E-state index is 0.482. The minimum Gasteiger partial charge on any atom is -0.316 e. The van der Waals surface area contributed by atoms with Crippen molar-refractivity contribution >= 4 is 0 Å². The Bertz CT molecular complexity index is 99.0. The molecule has 0 saturated carbocycles. The molecule has 0 aliphatic carbocycles. The normalized spacial score (nSPS) is 16.9. The summed E-state index contributed by atoms with van der Waals surface area (Å²) in [6.07, 6.45) is 1.26. The summed E-state index contributed by atoms with van der Waals surface area (Å²) in [7, 11) is 0. The highest BCUT2D eigenvalue weighted by atomic mass is 14.9. The smallest absolute Gasteiger partial charge is 0.000739 e. The average Bonchev–Trinajstić information content (AvgIpc) is 2.00. The standard InChI is InChI=1S/C10H23N/c1-6-10(5,9(3)4)8-11-7-2/h9,11H,6-8H2,1-5H3. The lowest BCUT2D eigenvalue weighted by Gasteiger charge is -2.32. The third-order valence-corrected chi connectivity index (χ3v) is 2.98. The summed E-state index contributed by atoms with van der Waals surface area (Å²) in [5.74, 6) is 0.770. The SMILES string of the molecule is CCNCC(C)(CC)C(C)C. The maximum atomic E-state index is 3.42. The molecule has 1 atom stereocenters. The van der Waals surface area contributed by atoms with E-state index >= 15 is 0 Å². The predicted molar refractivity (Wildman–Crippen MR) is 51.8 cm³/mol. The molecular formula is C10H23N. The van der Waals surface area contributed by atoms with E-state index in [-0.39, 0.29) is 0 Å². The molecule has 0 amide bonds. The Hall–Kier alpha value is -0.0400. The van der Waals surface area contributed by atoms with Gasteiger partial charge in [-0.15, -0.1) is 0 Å². The van der Waals surface area contributed by atoms with E-state index in [2.05, 4.69) is 39.9 Å². The first-order valence-corrected chi connectivity index (χ1v) is 4.77. The van der Waals surface area contributed by atoms with Crippen LogP contribution in [0.4, 0.5) is 0 Å². The second kappa shape index (κ2) is 4.76. The molecule has 0 heterocycles. The molecule has 1 heteroatoms. The van der Waals surface area contributed by atoms with Crippen LogP contribution in [0.3, 0.4) is 0 Å². The van der Waals surface area contributed by atoms with Gasteiger partial charge in [0, 0.05) is 6.54 Å². The molecule has 0 fully saturated rings. The van der Waals surface area contributed by atoms with Crippen molar-refractivity contribution in [3.8, 4) is 0 Å². The molecule has 0 aromatic rings. The Morgan fingerprint density at radius 2 is 1.82 bits per heavy atom. The van der Waals surface area contributed by atoms with Crippen LogP contribution in [0.25, 0.3) is 0 Å². The van der Waals surface area contributed by atoms with E-state index in [1.54, 1.807) is 0 Å². The molecule has 0 aromatic carbocycles. The fourth-order valence-electron chi connectivity index (χ4n) is 1.15. The Morgan fingerprint density at radius 3 is 2.09 bits per heavy atom. The van der Waals surface area contributed by atoms with Crippen LogP contribution in [0.1, 0.15) is 41.0 Å². The molecule has 0 bridgehead atoms. The van der Waals surface area contributed by atoms with Gasteiger partial charge in [-0.25, -0.2) is 0 Å². The Kier molecular flexibility index (Phi) is 4.74. The van der Waals surface area contributed by atoms with Gasteiger partial charge < -0.3 is 5.32 Å². The van der Waals surface area contributed by atoms with Gasteiger partial charge in [-0.3, -0.25) is 0 Å². The van der Waals surface area contributed by atoms with E-state index in [1.165, 1.54) is 6.42 Å². The molecule has 1 N–H and O–H groups in total. The van der Waals surface area contributed by atoms with Crippen molar-refractivity contribution in [3.05, 3.63) is 0 Å². The first-order chi connectivity index (χ1) is 5.06. The largest absolute Gasteiger partial charge is 0.316 e. The van der Waals surface area contributed by atoms with Gasteiger partial charge in [-0.05, 0) is 24.3 Å². The lowest BCUT2D eigenvalue weighted by Crippen LogP contribution is -2.35. The average molecular weight is 157 g/mol. The van der Waals surface area contributed by atoms with Crippen LogP contribution < -0.4 is 5.32 Å². The minimum atomic E-state index is 0.482.